The van der Waals surface area contributed by atoms with E-state index in [0.29, 0.717) is 5.75 Å². The van der Waals surface area contributed by atoms with E-state index < -0.39 is 5.60 Å². The molecule has 0 spiro atoms. The second-order valence-electron chi connectivity index (χ2n) is 5.10. The number of nitrogens with one attached hydrogen (secondary N) is 1. The van der Waals surface area contributed by atoms with Gasteiger partial charge in [0.1, 0.15) is 0 Å². The fourth-order valence-corrected chi connectivity index (χ4v) is 2.95. The lowest BCUT2D eigenvalue weighted by molar-refractivity contribution is 0.0839. The van der Waals surface area contributed by atoms with Crippen LogP contribution in [0, 0.1) is 0 Å². The number of benzene rings is 2. The number of hydrogen-bond acceptors (Lipinski definition) is 3. The van der Waals surface area contributed by atoms with Gasteiger partial charge in [0.05, 0.1) is 5.60 Å². The van der Waals surface area contributed by atoms with Gasteiger partial charge < -0.3 is 10.4 Å². The Morgan fingerprint density at radius 2 is 1.70 bits per heavy atom. The molecule has 0 amide bonds. The van der Waals surface area contributed by atoms with Gasteiger partial charge in [0, 0.05) is 17.2 Å². The Hall–Kier alpha value is -1.29. The minimum atomic E-state index is -0.810. The van der Waals surface area contributed by atoms with Crippen LogP contribution in [0.2, 0.25) is 0 Å². The van der Waals surface area contributed by atoms with Crippen LogP contribution in [-0.2, 0) is 12.1 Å². The molecule has 2 nitrogen and oxygen atoms in total. The van der Waals surface area contributed by atoms with Crippen molar-refractivity contribution in [1.82, 2.24) is 5.32 Å². The highest BCUT2D eigenvalue weighted by Gasteiger charge is 2.22. The second kappa shape index (κ2) is 6.93. The molecule has 2 aromatic carbocycles. The third-order valence-electron chi connectivity index (χ3n) is 3.22. The summed E-state index contributed by atoms with van der Waals surface area (Å²) in [4.78, 5) is 1.18. The molecule has 0 aliphatic heterocycles. The van der Waals surface area contributed by atoms with Crippen LogP contribution < -0.4 is 5.32 Å². The fourth-order valence-electron chi connectivity index (χ4n) is 2.01. The average molecular weight is 287 g/mol. The summed E-state index contributed by atoms with van der Waals surface area (Å²) in [5, 5.41) is 13.7. The van der Waals surface area contributed by atoms with Gasteiger partial charge in [-0.1, -0.05) is 42.5 Å². The normalized spacial score (nSPS) is 13.9. The lowest BCUT2D eigenvalue weighted by Crippen LogP contribution is -2.24. The fraction of sp³-hybridized carbons (Fsp3) is 0.294. The molecule has 0 bridgehead atoms. The van der Waals surface area contributed by atoms with Gasteiger partial charge in [0.15, 0.2) is 0 Å². The van der Waals surface area contributed by atoms with Gasteiger partial charge >= 0.3 is 0 Å². The molecular formula is C17H21NOS. The Labute approximate surface area is 125 Å². The summed E-state index contributed by atoms with van der Waals surface area (Å²) in [6, 6.07) is 18.3. The minimum absolute atomic E-state index is 0.641. The van der Waals surface area contributed by atoms with Crippen LogP contribution in [0.15, 0.2) is 59.5 Å². The predicted molar refractivity (Wildman–Crippen MR) is 85.9 cm³/mol. The highest BCUT2D eigenvalue weighted by Crippen LogP contribution is 2.29. The standard InChI is InChI=1S/C17H21NOS/c1-17(19,15-6-4-3-5-7-15)13-20-16-10-8-14(9-11-16)12-18-2/h3-11,18-19H,12-13H2,1-2H3. The molecule has 0 saturated heterocycles. The van der Waals surface area contributed by atoms with Crippen LogP contribution in [0.3, 0.4) is 0 Å². The number of thioether (sulfide) groups is 1. The van der Waals surface area contributed by atoms with Crippen molar-refractivity contribution in [3.63, 3.8) is 0 Å². The van der Waals surface area contributed by atoms with E-state index in [2.05, 4.69) is 29.6 Å². The van der Waals surface area contributed by atoms with Gasteiger partial charge in [0.2, 0.25) is 0 Å². The highest BCUT2D eigenvalue weighted by molar-refractivity contribution is 7.99. The summed E-state index contributed by atoms with van der Waals surface area (Å²) in [7, 11) is 1.94. The molecule has 0 aromatic heterocycles. The Bertz CT molecular complexity index is 522. The molecule has 2 rings (SSSR count). The SMILES string of the molecule is CNCc1ccc(SCC(C)(O)c2ccccc2)cc1. The van der Waals surface area contributed by atoms with Crippen molar-refractivity contribution >= 4 is 11.8 Å². The third kappa shape index (κ3) is 4.10. The summed E-state index contributed by atoms with van der Waals surface area (Å²) in [5.41, 5.74) is 1.42. The Kier molecular flexibility index (Phi) is 5.24. The van der Waals surface area contributed by atoms with Gasteiger partial charge in [-0.2, -0.15) is 0 Å². The Morgan fingerprint density at radius 3 is 2.30 bits per heavy atom. The molecule has 2 N–H and O–H groups in total. The predicted octanol–water partition coefficient (Wildman–Crippen LogP) is 3.41. The molecule has 3 heteroatoms. The highest BCUT2D eigenvalue weighted by atomic mass is 32.2. The molecule has 1 atom stereocenters. The van der Waals surface area contributed by atoms with Crippen molar-refractivity contribution in [3.05, 3.63) is 65.7 Å². The van der Waals surface area contributed by atoms with Crippen LogP contribution in [0.1, 0.15) is 18.1 Å². The van der Waals surface area contributed by atoms with Crippen molar-refractivity contribution < 1.29 is 5.11 Å². The van der Waals surface area contributed by atoms with Crippen LogP contribution in [-0.4, -0.2) is 17.9 Å². The van der Waals surface area contributed by atoms with E-state index in [1.807, 2.05) is 44.3 Å². The van der Waals surface area contributed by atoms with Crippen molar-refractivity contribution in [1.29, 1.82) is 0 Å². The summed E-state index contributed by atoms with van der Waals surface area (Å²) in [6.07, 6.45) is 0. The summed E-state index contributed by atoms with van der Waals surface area (Å²) in [5.74, 6) is 0.641. The maximum absolute atomic E-state index is 10.6. The van der Waals surface area contributed by atoms with Crippen LogP contribution >= 0.6 is 11.8 Å². The summed E-state index contributed by atoms with van der Waals surface area (Å²) < 4.78 is 0. The van der Waals surface area contributed by atoms with E-state index in [0.717, 1.165) is 12.1 Å². The lowest BCUT2D eigenvalue weighted by atomic mass is 9.99. The van der Waals surface area contributed by atoms with Crippen molar-refractivity contribution in [2.75, 3.05) is 12.8 Å². The number of hydrogen-bond donors (Lipinski definition) is 2. The molecule has 0 fully saturated rings. The zero-order valence-electron chi connectivity index (χ0n) is 12.0. The molecule has 20 heavy (non-hydrogen) atoms. The molecule has 0 aliphatic rings. The van der Waals surface area contributed by atoms with E-state index in [1.54, 1.807) is 11.8 Å². The largest absolute Gasteiger partial charge is 0.385 e. The molecule has 106 valence electrons. The van der Waals surface area contributed by atoms with Crippen LogP contribution in [0.4, 0.5) is 0 Å². The average Bonchev–Trinajstić information content (AvgIpc) is 2.48. The van der Waals surface area contributed by atoms with Crippen molar-refractivity contribution in [3.8, 4) is 0 Å². The molecule has 0 radical (unpaired) electrons. The quantitative estimate of drug-likeness (QED) is 0.799. The maximum atomic E-state index is 10.6. The topological polar surface area (TPSA) is 32.3 Å². The number of rotatable bonds is 6. The molecule has 0 heterocycles. The second-order valence-corrected chi connectivity index (χ2v) is 6.15. The monoisotopic (exact) mass is 287 g/mol. The van der Waals surface area contributed by atoms with Crippen LogP contribution in [0.5, 0.6) is 0 Å². The van der Waals surface area contributed by atoms with Gasteiger partial charge in [-0.3, -0.25) is 0 Å². The van der Waals surface area contributed by atoms with Gasteiger partial charge in [0.25, 0.3) is 0 Å². The molecule has 1 unspecified atom stereocenters. The summed E-state index contributed by atoms with van der Waals surface area (Å²) in [6.45, 7) is 2.75. The first-order chi connectivity index (χ1) is 9.62. The van der Waals surface area contributed by atoms with E-state index >= 15 is 0 Å². The zero-order valence-corrected chi connectivity index (χ0v) is 12.8. The molecular weight excluding hydrogens is 266 g/mol. The van der Waals surface area contributed by atoms with E-state index in [4.69, 9.17) is 0 Å². The summed E-state index contributed by atoms with van der Waals surface area (Å²) >= 11 is 1.68. The van der Waals surface area contributed by atoms with Gasteiger partial charge in [-0.15, -0.1) is 11.8 Å². The Balaban J connectivity index is 1.97. The lowest BCUT2D eigenvalue weighted by Gasteiger charge is -2.23. The zero-order chi connectivity index (χ0) is 14.4. The van der Waals surface area contributed by atoms with Gasteiger partial charge in [-0.05, 0) is 37.2 Å². The molecule has 2 aromatic rings. The third-order valence-corrected chi connectivity index (χ3v) is 4.53. The van der Waals surface area contributed by atoms with Crippen molar-refractivity contribution in [2.24, 2.45) is 0 Å². The van der Waals surface area contributed by atoms with E-state index in [1.165, 1.54) is 10.5 Å². The van der Waals surface area contributed by atoms with E-state index in [9.17, 15) is 5.11 Å². The van der Waals surface area contributed by atoms with Crippen molar-refractivity contribution in [2.45, 2.75) is 24.0 Å². The first-order valence-electron chi connectivity index (χ1n) is 6.76. The molecule has 0 saturated carbocycles. The minimum Gasteiger partial charge on any atom is -0.385 e. The first kappa shape index (κ1) is 15.1. The van der Waals surface area contributed by atoms with Crippen LogP contribution in [0.25, 0.3) is 0 Å². The maximum Gasteiger partial charge on any atom is 0.0962 e. The van der Waals surface area contributed by atoms with E-state index in [-0.39, 0.29) is 0 Å². The smallest absolute Gasteiger partial charge is 0.0962 e. The number of aliphatic hydroxyl groups is 1. The first-order valence-corrected chi connectivity index (χ1v) is 7.74. The van der Waals surface area contributed by atoms with Gasteiger partial charge in [-0.25, -0.2) is 0 Å². The molecule has 0 aliphatic carbocycles. The Morgan fingerprint density at radius 1 is 1.05 bits per heavy atom.